The predicted octanol–water partition coefficient (Wildman–Crippen LogP) is 2.41. The zero-order valence-corrected chi connectivity index (χ0v) is 11.3. The first-order valence-electron chi connectivity index (χ1n) is 5.77. The zero-order chi connectivity index (χ0) is 11.8. The normalized spacial score (nSPS) is 22.4. The molecule has 1 aromatic rings. The lowest BCUT2D eigenvalue weighted by Gasteiger charge is -2.23. The standard InChI is InChI=1S/C12H20N2OS/c1-8-10(9-7-15-6-5-13-9)16-11(14-8)12(2,3)4/h9,13H,5-7H2,1-4H3. The lowest BCUT2D eigenvalue weighted by Crippen LogP contribution is -2.34. The van der Waals surface area contributed by atoms with Crippen LogP contribution in [0.4, 0.5) is 0 Å². The molecule has 0 bridgehead atoms. The van der Waals surface area contributed by atoms with Crippen LogP contribution in [0.15, 0.2) is 0 Å². The molecule has 0 aromatic carbocycles. The van der Waals surface area contributed by atoms with Crippen molar-refractivity contribution in [1.82, 2.24) is 10.3 Å². The van der Waals surface area contributed by atoms with Crippen molar-refractivity contribution in [3.63, 3.8) is 0 Å². The highest BCUT2D eigenvalue weighted by molar-refractivity contribution is 7.12. The van der Waals surface area contributed by atoms with Gasteiger partial charge in [-0.25, -0.2) is 4.98 Å². The lowest BCUT2D eigenvalue weighted by atomic mass is 9.98. The van der Waals surface area contributed by atoms with E-state index in [1.807, 2.05) is 11.3 Å². The first kappa shape index (κ1) is 12.0. The van der Waals surface area contributed by atoms with Gasteiger partial charge < -0.3 is 10.1 Å². The van der Waals surface area contributed by atoms with Crippen molar-refractivity contribution in [2.45, 2.75) is 39.2 Å². The summed E-state index contributed by atoms with van der Waals surface area (Å²) in [6.45, 7) is 11.2. The van der Waals surface area contributed by atoms with E-state index in [2.05, 4.69) is 38.0 Å². The summed E-state index contributed by atoms with van der Waals surface area (Å²) in [6, 6.07) is 0.336. The fourth-order valence-corrected chi connectivity index (χ4v) is 2.97. The van der Waals surface area contributed by atoms with Gasteiger partial charge in [-0.05, 0) is 6.92 Å². The highest BCUT2D eigenvalue weighted by atomic mass is 32.1. The SMILES string of the molecule is Cc1nc(C(C)(C)C)sc1C1COCCN1. The number of thiazole rings is 1. The average molecular weight is 240 g/mol. The van der Waals surface area contributed by atoms with Gasteiger partial charge in [0, 0.05) is 16.8 Å². The fourth-order valence-electron chi connectivity index (χ4n) is 1.79. The van der Waals surface area contributed by atoms with Gasteiger partial charge in [0.05, 0.1) is 30.0 Å². The Bertz CT molecular complexity index is 362. The molecule has 1 saturated heterocycles. The van der Waals surface area contributed by atoms with Crippen molar-refractivity contribution >= 4 is 11.3 Å². The van der Waals surface area contributed by atoms with E-state index in [0.29, 0.717) is 6.04 Å². The van der Waals surface area contributed by atoms with Crippen molar-refractivity contribution in [3.05, 3.63) is 15.6 Å². The maximum atomic E-state index is 5.50. The van der Waals surface area contributed by atoms with Gasteiger partial charge in [0.2, 0.25) is 0 Å². The Balaban J connectivity index is 2.24. The minimum Gasteiger partial charge on any atom is -0.378 e. The Kier molecular flexibility index (Phi) is 3.33. The highest BCUT2D eigenvalue weighted by Crippen LogP contribution is 2.33. The molecule has 3 nitrogen and oxygen atoms in total. The lowest BCUT2D eigenvalue weighted by molar-refractivity contribution is 0.0777. The van der Waals surface area contributed by atoms with E-state index >= 15 is 0 Å². The number of rotatable bonds is 1. The van der Waals surface area contributed by atoms with Crippen LogP contribution in [0.25, 0.3) is 0 Å². The summed E-state index contributed by atoms with van der Waals surface area (Å²) in [6.07, 6.45) is 0. The minimum absolute atomic E-state index is 0.142. The van der Waals surface area contributed by atoms with Gasteiger partial charge in [0.1, 0.15) is 0 Å². The van der Waals surface area contributed by atoms with Crippen LogP contribution in [-0.4, -0.2) is 24.7 Å². The molecule has 0 radical (unpaired) electrons. The van der Waals surface area contributed by atoms with Crippen LogP contribution < -0.4 is 5.32 Å². The number of nitrogens with zero attached hydrogens (tertiary/aromatic N) is 1. The highest BCUT2D eigenvalue weighted by Gasteiger charge is 2.25. The van der Waals surface area contributed by atoms with E-state index in [9.17, 15) is 0 Å². The van der Waals surface area contributed by atoms with E-state index in [1.165, 1.54) is 9.88 Å². The third-order valence-corrected chi connectivity index (χ3v) is 4.41. The van der Waals surface area contributed by atoms with Crippen LogP contribution in [0.2, 0.25) is 0 Å². The first-order valence-corrected chi connectivity index (χ1v) is 6.59. The Labute approximate surface area is 101 Å². The summed E-state index contributed by atoms with van der Waals surface area (Å²) in [4.78, 5) is 6.02. The molecule has 2 heterocycles. The fraction of sp³-hybridized carbons (Fsp3) is 0.750. The second-order valence-electron chi connectivity index (χ2n) is 5.30. The molecule has 0 spiro atoms. The number of nitrogens with one attached hydrogen (secondary N) is 1. The van der Waals surface area contributed by atoms with Crippen LogP contribution in [0.3, 0.4) is 0 Å². The number of hydrogen-bond donors (Lipinski definition) is 1. The number of aromatic nitrogens is 1. The molecule has 1 aliphatic heterocycles. The summed E-state index contributed by atoms with van der Waals surface area (Å²) in [5.41, 5.74) is 1.29. The van der Waals surface area contributed by atoms with Crippen LogP contribution in [-0.2, 0) is 10.2 Å². The molecule has 90 valence electrons. The first-order chi connectivity index (χ1) is 7.48. The summed E-state index contributed by atoms with van der Waals surface area (Å²) >= 11 is 1.82. The molecule has 1 aliphatic rings. The summed E-state index contributed by atoms with van der Waals surface area (Å²) in [5, 5.41) is 4.70. The third-order valence-electron chi connectivity index (χ3n) is 2.71. The van der Waals surface area contributed by atoms with E-state index in [1.54, 1.807) is 0 Å². The topological polar surface area (TPSA) is 34.1 Å². The van der Waals surface area contributed by atoms with Crippen LogP contribution >= 0.6 is 11.3 Å². The Morgan fingerprint density at radius 3 is 2.69 bits per heavy atom. The molecular weight excluding hydrogens is 220 g/mol. The van der Waals surface area contributed by atoms with Crippen molar-refractivity contribution < 1.29 is 4.74 Å². The molecule has 1 aromatic heterocycles. The Morgan fingerprint density at radius 1 is 1.44 bits per heavy atom. The monoisotopic (exact) mass is 240 g/mol. The van der Waals surface area contributed by atoms with Crippen molar-refractivity contribution in [3.8, 4) is 0 Å². The maximum Gasteiger partial charge on any atom is 0.0985 e. The molecule has 1 atom stereocenters. The largest absolute Gasteiger partial charge is 0.378 e. The molecule has 1 unspecified atom stereocenters. The quantitative estimate of drug-likeness (QED) is 0.818. The Morgan fingerprint density at radius 2 is 2.19 bits per heavy atom. The summed E-state index contributed by atoms with van der Waals surface area (Å²) in [5.74, 6) is 0. The van der Waals surface area contributed by atoms with Crippen molar-refractivity contribution in [1.29, 1.82) is 0 Å². The average Bonchev–Trinajstić information content (AvgIpc) is 2.61. The molecule has 0 aliphatic carbocycles. The van der Waals surface area contributed by atoms with Crippen molar-refractivity contribution in [2.75, 3.05) is 19.8 Å². The maximum absolute atomic E-state index is 5.50. The number of aryl methyl sites for hydroxylation is 1. The molecule has 4 heteroatoms. The van der Waals surface area contributed by atoms with Crippen LogP contribution in [0, 0.1) is 6.92 Å². The van der Waals surface area contributed by atoms with Gasteiger partial charge in [-0.15, -0.1) is 11.3 Å². The van der Waals surface area contributed by atoms with Gasteiger partial charge in [0.25, 0.3) is 0 Å². The third kappa shape index (κ3) is 2.44. The predicted molar refractivity (Wildman–Crippen MR) is 67.1 cm³/mol. The van der Waals surface area contributed by atoms with Gasteiger partial charge in [-0.2, -0.15) is 0 Å². The van der Waals surface area contributed by atoms with E-state index in [0.717, 1.165) is 25.5 Å². The van der Waals surface area contributed by atoms with E-state index in [-0.39, 0.29) is 5.41 Å². The van der Waals surface area contributed by atoms with Gasteiger partial charge in [-0.1, -0.05) is 20.8 Å². The number of morpholine rings is 1. The van der Waals surface area contributed by atoms with Crippen LogP contribution in [0.1, 0.15) is 42.4 Å². The number of hydrogen-bond acceptors (Lipinski definition) is 4. The molecule has 0 amide bonds. The van der Waals surface area contributed by atoms with Gasteiger partial charge >= 0.3 is 0 Å². The smallest absolute Gasteiger partial charge is 0.0985 e. The van der Waals surface area contributed by atoms with Crippen molar-refractivity contribution in [2.24, 2.45) is 0 Å². The van der Waals surface area contributed by atoms with Crippen LogP contribution in [0.5, 0.6) is 0 Å². The zero-order valence-electron chi connectivity index (χ0n) is 10.5. The minimum atomic E-state index is 0.142. The molecule has 1 N–H and O–H groups in total. The van der Waals surface area contributed by atoms with Gasteiger partial charge in [0.15, 0.2) is 0 Å². The second-order valence-corrected chi connectivity index (χ2v) is 6.33. The van der Waals surface area contributed by atoms with E-state index < -0.39 is 0 Å². The summed E-state index contributed by atoms with van der Waals surface area (Å²) < 4.78 is 5.50. The second kappa shape index (κ2) is 4.43. The molecule has 16 heavy (non-hydrogen) atoms. The van der Waals surface area contributed by atoms with E-state index in [4.69, 9.17) is 4.74 Å². The van der Waals surface area contributed by atoms with Gasteiger partial charge in [-0.3, -0.25) is 0 Å². The Hall–Kier alpha value is -0.450. The molecular formula is C12H20N2OS. The molecule has 2 rings (SSSR count). The number of ether oxygens (including phenoxy) is 1. The molecule has 0 saturated carbocycles. The molecule has 1 fully saturated rings. The summed E-state index contributed by atoms with van der Waals surface area (Å²) in [7, 11) is 0.